The van der Waals surface area contributed by atoms with Crippen LogP contribution in [0.5, 0.6) is 0 Å². The molecule has 2 heterocycles. The zero-order valence-electron chi connectivity index (χ0n) is 10.3. The maximum absolute atomic E-state index is 11.4. The van der Waals surface area contributed by atoms with Crippen molar-refractivity contribution in [1.29, 1.82) is 0 Å². The lowest BCUT2D eigenvalue weighted by Gasteiger charge is -2.17. The van der Waals surface area contributed by atoms with Gasteiger partial charge in [-0.1, -0.05) is 6.07 Å². The van der Waals surface area contributed by atoms with Crippen molar-refractivity contribution >= 4 is 11.1 Å². The maximum atomic E-state index is 11.4. The number of fused-ring (bicyclic) bond motifs is 1. The number of rotatable bonds is 2. The Morgan fingerprint density at radius 3 is 3.06 bits per heavy atom. The van der Waals surface area contributed by atoms with Crippen LogP contribution in [0.1, 0.15) is 18.0 Å². The Morgan fingerprint density at radius 2 is 2.33 bits per heavy atom. The molecule has 18 heavy (non-hydrogen) atoms. The van der Waals surface area contributed by atoms with Crippen molar-refractivity contribution in [3.05, 3.63) is 34.3 Å². The molecule has 5 heteroatoms. The van der Waals surface area contributed by atoms with Crippen molar-refractivity contribution in [1.82, 2.24) is 4.57 Å². The quantitative estimate of drug-likeness (QED) is 0.866. The molecule has 1 saturated heterocycles. The van der Waals surface area contributed by atoms with E-state index in [1.165, 1.54) is 4.57 Å². The lowest BCUT2D eigenvalue weighted by atomic mass is 9.93. The van der Waals surface area contributed by atoms with E-state index in [-0.39, 0.29) is 11.8 Å². The second-order valence-corrected chi connectivity index (χ2v) is 4.80. The van der Waals surface area contributed by atoms with Crippen LogP contribution in [-0.4, -0.2) is 17.8 Å². The number of oxazole rings is 1. The fourth-order valence-corrected chi connectivity index (χ4v) is 2.47. The number of ether oxygens (including phenoxy) is 1. The largest absolute Gasteiger partial charge is 0.419 e. The van der Waals surface area contributed by atoms with E-state index in [9.17, 15) is 4.79 Å². The van der Waals surface area contributed by atoms with Crippen LogP contribution in [0.25, 0.3) is 11.1 Å². The normalized spacial score (nSPS) is 21.6. The molecule has 2 N–H and O–H groups in total. The Balaban J connectivity index is 2.00. The first kappa shape index (κ1) is 11.5. The molecule has 1 aromatic carbocycles. The van der Waals surface area contributed by atoms with Crippen LogP contribution in [0.4, 0.5) is 0 Å². The molecular formula is C13H16N2O3. The van der Waals surface area contributed by atoms with Crippen LogP contribution in [0.15, 0.2) is 27.4 Å². The second-order valence-electron chi connectivity index (χ2n) is 4.80. The highest BCUT2D eigenvalue weighted by atomic mass is 16.5. The Morgan fingerprint density at radius 1 is 1.50 bits per heavy atom. The third-order valence-corrected chi connectivity index (χ3v) is 3.67. The summed E-state index contributed by atoms with van der Waals surface area (Å²) in [7, 11) is 1.69. The van der Waals surface area contributed by atoms with Gasteiger partial charge >= 0.3 is 5.76 Å². The van der Waals surface area contributed by atoms with Gasteiger partial charge in [0, 0.05) is 25.6 Å². The minimum Gasteiger partial charge on any atom is -0.408 e. The van der Waals surface area contributed by atoms with E-state index in [4.69, 9.17) is 14.9 Å². The number of nitrogens with zero attached hydrogens (tertiary/aromatic N) is 1. The van der Waals surface area contributed by atoms with Gasteiger partial charge in [0.15, 0.2) is 5.58 Å². The fraction of sp³-hybridized carbons (Fsp3) is 0.462. The number of benzene rings is 1. The summed E-state index contributed by atoms with van der Waals surface area (Å²) in [5, 5.41) is 0. The summed E-state index contributed by atoms with van der Waals surface area (Å²) in [5.41, 5.74) is 8.60. The van der Waals surface area contributed by atoms with Gasteiger partial charge < -0.3 is 14.9 Å². The molecule has 2 atom stereocenters. The molecule has 0 radical (unpaired) electrons. The van der Waals surface area contributed by atoms with Gasteiger partial charge in [0.05, 0.1) is 12.1 Å². The van der Waals surface area contributed by atoms with E-state index in [2.05, 4.69) is 0 Å². The van der Waals surface area contributed by atoms with Crippen LogP contribution < -0.4 is 11.5 Å². The van der Waals surface area contributed by atoms with Crippen LogP contribution in [-0.2, 0) is 11.8 Å². The van der Waals surface area contributed by atoms with Gasteiger partial charge in [0.25, 0.3) is 0 Å². The Labute approximate surface area is 104 Å². The van der Waals surface area contributed by atoms with Crippen molar-refractivity contribution in [2.24, 2.45) is 18.7 Å². The molecule has 0 spiro atoms. The summed E-state index contributed by atoms with van der Waals surface area (Å²) < 4.78 is 12.0. The van der Waals surface area contributed by atoms with Crippen LogP contribution >= 0.6 is 0 Å². The van der Waals surface area contributed by atoms with Gasteiger partial charge in [0.2, 0.25) is 0 Å². The first-order valence-corrected chi connectivity index (χ1v) is 6.09. The van der Waals surface area contributed by atoms with Gasteiger partial charge in [0.1, 0.15) is 0 Å². The van der Waals surface area contributed by atoms with Crippen LogP contribution in [0, 0.1) is 5.92 Å². The molecule has 1 aromatic heterocycles. The molecule has 96 valence electrons. The highest BCUT2D eigenvalue weighted by Crippen LogP contribution is 2.28. The van der Waals surface area contributed by atoms with Gasteiger partial charge in [-0.25, -0.2) is 4.79 Å². The van der Waals surface area contributed by atoms with Crippen molar-refractivity contribution in [3.63, 3.8) is 0 Å². The van der Waals surface area contributed by atoms with E-state index in [0.717, 1.165) is 24.1 Å². The number of aryl methyl sites for hydroxylation is 1. The fourth-order valence-electron chi connectivity index (χ4n) is 2.47. The molecule has 1 aliphatic heterocycles. The first-order valence-electron chi connectivity index (χ1n) is 6.09. The third kappa shape index (κ3) is 1.76. The molecule has 2 aromatic rings. The van der Waals surface area contributed by atoms with Gasteiger partial charge in [-0.3, -0.25) is 4.57 Å². The smallest absolute Gasteiger partial charge is 0.408 e. The summed E-state index contributed by atoms with van der Waals surface area (Å²) in [6.07, 6.45) is 0.984. The SMILES string of the molecule is Cn1c(=O)oc2cc(C(N)C3CCOC3)ccc21. The van der Waals surface area contributed by atoms with Crippen LogP contribution in [0.3, 0.4) is 0 Å². The summed E-state index contributed by atoms with van der Waals surface area (Å²) in [4.78, 5) is 11.4. The molecular weight excluding hydrogens is 232 g/mol. The van der Waals surface area contributed by atoms with E-state index >= 15 is 0 Å². The average Bonchev–Trinajstić information content (AvgIpc) is 2.98. The molecule has 1 fully saturated rings. The molecule has 0 bridgehead atoms. The van der Waals surface area contributed by atoms with Crippen LogP contribution in [0.2, 0.25) is 0 Å². The predicted octanol–water partition coefficient (Wildman–Crippen LogP) is 1.17. The molecule has 1 aliphatic rings. The highest BCUT2D eigenvalue weighted by Gasteiger charge is 2.24. The van der Waals surface area contributed by atoms with E-state index in [1.807, 2.05) is 18.2 Å². The lowest BCUT2D eigenvalue weighted by Crippen LogP contribution is -2.21. The summed E-state index contributed by atoms with van der Waals surface area (Å²) in [6.45, 7) is 1.49. The van der Waals surface area contributed by atoms with Gasteiger partial charge in [-0.05, 0) is 24.1 Å². The van der Waals surface area contributed by atoms with E-state index in [0.29, 0.717) is 18.1 Å². The van der Waals surface area contributed by atoms with Crippen molar-refractivity contribution in [3.8, 4) is 0 Å². The Bertz CT molecular complexity index is 623. The van der Waals surface area contributed by atoms with Gasteiger partial charge in [-0.2, -0.15) is 0 Å². The average molecular weight is 248 g/mol. The standard InChI is InChI=1S/C13H16N2O3/c1-15-10-3-2-8(6-11(10)18-13(15)16)12(14)9-4-5-17-7-9/h2-3,6,9,12H,4-5,7,14H2,1H3. The predicted molar refractivity (Wildman–Crippen MR) is 67.3 cm³/mol. The first-order chi connectivity index (χ1) is 8.66. The summed E-state index contributed by atoms with van der Waals surface area (Å²) in [6, 6.07) is 5.63. The number of hydrogen-bond acceptors (Lipinski definition) is 4. The third-order valence-electron chi connectivity index (χ3n) is 3.67. The highest BCUT2D eigenvalue weighted by molar-refractivity contribution is 5.73. The zero-order chi connectivity index (χ0) is 12.7. The van der Waals surface area contributed by atoms with E-state index in [1.54, 1.807) is 7.05 Å². The van der Waals surface area contributed by atoms with Crippen molar-refractivity contribution in [2.75, 3.05) is 13.2 Å². The second kappa shape index (κ2) is 4.26. The number of aromatic nitrogens is 1. The molecule has 2 unspecified atom stereocenters. The summed E-state index contributed by atoms with van der Waals surface area (Å²) >= 11 is 0. The molecule has 0 saturated carbocycles. The Kier molecular flexibility index (Phi) is 2.72. The zero-order valence-corrected chi connectivity index (χ0v) is 10.3. The molecule has 0 amide bonds. The van der Waals surface area contributed by atoms with Crippen molar-refractivity contribution in [2.45, 2.75) is 12.5 Å². The lowest BCUT2D eigenvalue weighted by molar-refractivity contribution is 0.181. The van der Waals surface area contributed by atoms with Crippen molar-refractivity contribution < 1.29 is 9.15 Å². The molecule has 3 rings (SSSR count). The molecule has 5 nitrogen and oxygen atoms in total. The minimum atomic E-state index is -0.347. The maximum Gasteiger partial charge on any atom is 0.419 e. The number of hydrogen-bond donors (Lipinski definition) is 1. The molecule has 0 aliphatic carbocycles. The minimum absolute atomic E-state index is 0.0672. The summed E-state index contributed by atoms with van der Waals surface area (Å²) in [5.74, 6) is -0.00203. The monoisotopic (exact) mass is 248 g/mol. The van der Waals surface area contributed by atoms with Gasteiger partial charge in [-0.15, -0.1) is 0 Å². The topological polar surface area (TPSA) is 70.4 Å². The van der Waals surface area contributed by atoms with E-state index < -0.39 is 0 Å². The Hall–Kier alpha value is -1.59. The number of nitrogens with two attached hydrogens (primary N) is 1.